The van der Waals surface area contributed by atoms with Crippen LogP contribution in [0.3, 0.4) is 0 Å². The quantitative estimate of drug-likeness (QED) is 0.446. The van der Waals surface area contributed by atoms with Gasteiger partial charge in [-0.15, -0.1) is 0 Å². The maximum absolute atomic E-state index is 13.9. The minimum atomic E-state index is -0.623. The van der Waals surface area contributed by atoms with Crippen LogP contribution >= 0.6 is 11.6 Å². The van der Waals surface area contributed by atoms with E-state index < -0.39 is 17.5 Å². The van der Waals surface area contributed by atoms with Crippen molar-refractivity contribution in [2.24, 2.45) is 0 Å². The molecule has 0 bridgehead atoms. The van der Waals surface area contributed by atoms with Crippen molar-refractivity contribution < 1.29 is 19.2 Å². The third-order valence-corrected chi connectivity index (χ3v) is 8.79. The summed E-state index contributed by atoms with van der Waals surface area (Å²) in [4.78, 5) is 56.8. The summed E-state index contributed by atoms with van der Waals surface area (Å²) >= 11 is 6.09. The second kappa shape index (κ2) is 11.0. The molecule has 2 fully saturated rings. The molecule has 0 aliphatic carbocycles. The fourth-order valence-corrected chi connectivity index (χ4v) is 6.57. The van der Waals surface area contributed by atoms with Gasteiger partial charge in [-0.25, -0.2) is 0 Å². The molecule has 3 aromatic carbocycles. The first-order valence-electron chi connectivity index (χ1n) is 14.3. The number of halogens is 1. The van der Waals surface area contributed by atoms with E-state index in [2.05, 4.69) is 24.1 Å². The average Bonchev–Trinajstić information content (AvgIpc) is 3.28. The Morgan fingerprint density at radius 2 is 1.74 bits per heavy atom. The van der Waals surface area contributed by atoms with E-state index in [-0.39, 0.29) is 24.1 Å². The maximum atomic E-state index is 13.9. The Balaban J connectivity index is 1.14. The molecule has 4 amide bonds. The monoisotopic (exact) mass is 584 g/mol. The summed E-state index contributed by atoms with van der Waals surface area (Å²) in [6.07, 6.45) is 0.582. The SMILES string of the molecule is CC1(C)CN(Cc2ccc3c(c2)CN(C2CCC(=O)NC2=O)C3=O)CCN1C(=O)c1ccccc1-c1ccc(Cl)cc1. The fraction of sp³-hybridized carbons (Fsp3) is 0.333. The van der Waals surface area contributed by atoms with E-state index in [9.17, 15) is 19.2 Å². The van der Waals surface area contributed by atoms with Crippen molar-refractivity contribution >= 4 is 35.2 Å². The highest BCUT2D eigenvalue weighted by Crippen LogP contribution is 2.32. The molecule has 0 aromatic heterocycles. The number of hydrogen-bond donors (Lipinski definition) is 1. The summed E-state index contributed by atoms with van der Waals surface area (Å²) in [7, 11) is 0. The smallest absolute Gasteiger partial charge is 0.255 e. The van der Waals surface area contributed by atoms with Crippen molar-refractivity contribution in [2.45, 2.75) is 51.4 Å². The number of rotatable bonds is 5. The van der Waals surface area contributed by atoms with Crippen LogP contribution in [0.25, 0.3) is 11.1 Å². The highest BCUT2D eigenvalue weighted by molar-refractivity contribution is 6.30. The van der Waals surface area contributed by atoms with E-state index in [0.29, 0.717) is 48.7 Å². The van der Waals surface area contributed by atoms with Crippen LogP contribution in [-0.2, 0) is 22.7 Å². The van der Waals surface area contributed by atoms with Gasteiger partial charge in [0, 0.05) is 55.3 Å². The number of piperazine rings is 1. The van der Waals surface area contributed by atoms with Crippen molar-refractivity contribution in [1.29, 1.82) is 0 Å². The van der Waals surface area contributed by atoms with Crippen LogP contribution in [0, 0.1) is 0 Å². The van der Waals surface area contributed by atoms with E-state index in [0.717, 1.165) is 28.8 Å². The number of nitrogens with one attached hydrogen (secondary N) is 1. The van der Waals surface area contributed by atoms with Gasteiger partial charge < -0.3 is 9.80 Å². The van der Waals surface area contributed by atoms with Crippen molar-refractivity contribution in [3.8, 4) is 11.1 Å². The largest absolute Gasteiger partial charge is 0.331 e. The first-order chi connectivity index (χ1) is 20.1. The van der Waals surface area contributed by atoms with Gasteiger partial charge in [0.2, 0.25) is 11.8 Å². The van der Waals surface area contributed by atoms with E-state index in [1.54, 1.807) is 4.90 Å². The number of nitrogens with zero attached hydrogens (tertiary/aromatic N) is 3. The molecule has 8 nitrogen and oxygen atoms in total. The number of carbonyl (C=O) groups excluding carboxylic acids is 4. The van der Waals surface area contributed by atoms with Crippen LogP contribution < -0.4 is 5.32 Å². The lowest BCUT2D eigenvalue weighted by Gasteiger charge is -2.47. The average molecular weight is 585 g/mol. The molecule has 9 heteroatoms. The van der Waals surface area contributed by atoms with Gasteiger partial charge in [-0.2, -0.15) is 0 Å². The summed E-state index contributed by atoms with van der Waals surface area (Å²) in [6.45, 7) is 7.24. The van der Waals surface area contributed by atoms with E-state index in [1.807, 2.05) is 71.6 Å². The molecule has 1 N–H and O–H groups in total. The molecule has 1 unspecified atom stereocenters. The number of imide groups is 1. The van der Waals surface area contributed by atoms with Crippen molar-refractivity contribution in [2.75, 3.05) is 19.6 Å². The number of hydrogen-bond acceptors (Lipinski definition) is 5. The summed E-state index contributed by atoms with van der Waals surface area (Å²) in [5, 5.41) is 3.00. The third-order valence-electron chi connectivity index (χ3n) is 8.53. The molecule has 1 atom stereocenters. The molecule has 3 aliphatic rings. The molecule has 0 saturated carbocycles. The number of piperidine rings is 1. The molecule has 0 radical (unpaired) electrons. The number of fused-ring (bicyclic) bond motifs is 1. The second-order valence-corrected chi connectivity index (χ2v) is 12.4. The Bertz CT molecular complexity index is 1590. The van der Waals surface area contributed by atoms with Gasteiger partial charge >= 0.3 is 0 Å². The van der Waals surface area contributed by atoms with Gasteiger partial charge in [-0.05, 0) is 66.8 Å². The van der Waals surface area contributed by atoms with Gasteiger partial charge in [0.05, 0.1) is 5.54 Å². The molecule has 3 aromatic rings. The molecule has 6 rings (SSSR count). The lowest BCUT2D eigenvalue weighted by molar-refractivity contribution is -0.136. The standard InChI is InChI=1S/C33H33ClN4O4/c1-33(2)20-36(15-16-38(33)32(42)27-6-4-3-5-25(27)22-8-10-24(34)11-9-22)18-21-7-12-26-23(17-21)19-37(31(26)41)28-13-14-29(39)35-30(28)40/h3-12,17,28H,13-16,18-20H2,1-2H3,(H,35,39,40). The second-order valence-electron chi connectivity index (χ2n) is 11.9. The number of amides is 4. The summed E-state index contributed by atoms with van der Waals surface area (Å²) in [5.74, 6) is -0.857. The van der Waals surface area contributed by atoms with Gasteiger partial charge in [0.1, 0.15) is 6.04 Å². The van der Waals surface area contributed by atoms with Gasteiger partial charge in [0.25, 0.3) is 11.8 Å². The van der Waals surface area contributed by atoms with E-state index >= 15 is 0 Å². The minimum absolute atomic E-state index is 0.00906. The molecule has 216 valence electrons. The van der Waals surface area contributed by atoms with Gasteiger partial charge in [-0.3, -0.25) is 29.4 Å². The van der Waals surface area contributed by atoms with Crippen LogP contribution in [0.2, 0.25) is 5.02 Å². The first kappa shape index (κ1) is 28.1. The summed E-state index contributed by atoms with van der Waals surface area (Å²) < 4.78 is 0. The van der Waals surface area contributed by atoms with Crippen molar-refractivity contribution in [3.63, 3.8) is 0 Å². The Kier molecular flexibility index (Phi) is 7.37. The summed E-state index contributed by atoms with van der Waals surface area (Å²) in [6, 6.07) is 20.5. The summed E-state index contributed by atoms with van der Waals surface area (Å²) in [5.41, 5.74) is 4.69. The topological polar surface area (TPSA) is 90.0 Å². The van der Waals surface area contributed by atoms with Crippen LogP contribution in [0.1, 0.15) is 58.5 Å². The number of benzene rings is 3. The lowest BCUT2D eigenvalue weighted by Crippen LogP contribution is -2.60. The van der Waals surface area contributed by atoms with E-state index in [1.165, 1.54) is 0 Å². The normalized spacial score (nSPS) is 20.5. The van der Waals surface area contributed by atoms with Gasteiger partial charge in [-0.1, -0.05) is 54.1 Å². The zero-order valence-corrected chi connectivity index (χ0v) is 24.5. The zero-order chi connectivity index (χ0) is 29.6. The molecule has 3 heterocycles. The molecule has 0 spiro atoms. The molecule has 3 aliphatic heterocycles. The Morgan fingerprint density at radius 1 is 0.976 bits per heavy atom. The van der Waals surface area contributed by atoms with Crippen molar-refractivity contribution in [1.82, 2.24) is 20.0 Å². The Morgan fingerprint density at radius 3 is 2.48 bits per heavy atom. The first-order valence-corrected chi connectivity index (χ1v) is 14.6. The predicted octanol–water partition coefficient (Wildman–Crippen LogP) is 4.50. The van der Waals surface area contributed by atoms with Gasteiger partial charge in [0.15, 0.2) is 0 Å². The molecular weight excluding hydrogens is 552 g/mol. The van der Waals surface area contributed by atoms with Crippen LogP contribution in [-0.4, -0.2) is 69.5 Å². The molecule has 2 saturated heterocycles. The van der Waals surface area contributed by atoms with Crippen LogP contribution in [0.5, 0.6) is 0 Å². The highest BCUT2D eigenvalue weighted by atomic mass is 35.5. The minimum Gasteiger partial charge on any atom is -0.331 e. The van der Waals surface area contributed by atoms with Crippen LogP contribution in [0.15, 0.2) is 66.7 Å². The Hall–Kier alpha value is -4.01. The lowest BCUT2D eigenvalue weighted by atomic mass is 9.94. The molecule has 42 heavy (non-hydrogen) atoms. The zero-order valence-electron chi connectivity index (χ0n) is 23.7. The maximum Gasteiger partial charge on any atom is 0.255 e. The van der Waals surface area contributed by atoms with Crippen molar-refractivity contribution in [3.05, 3.63) is 94.0 Å². The predicted molar refractivity (Wildman–Crippen MR) is 160 cm³/mol. The third kappa shape index (κ3) is 5.32. The Labute approximate surface area is 250 Å². The van der Waals surface area contributed by atoms with Crippen LogP contribution in [0.4, 0.5) is 0 Å². The highest BCUT2D eigenvalue weighted by Gasteiger charge is 2.40. The fourth-order valence-electron chi connectivity index (χ4n) is 6.45. The van der Waals surface area contributed by atoms with E-state index in [4.69, 9.17) is 11.6 Å². The number of carbonyl (C=O) groups is 4. The molecular formula is C33H33ClN4O4.